The Balaban J connectivity index is 2.35. The molecule has 1 amide bonds. The lowest BCUT2D eigenvalue weighted by molar-refractivity contribution is -0.122. The Hall–Kier alpha value is -2.62. The third kappa shape index (κ3) is 6.44. The highest BCUT2D eigenvalue weighted by molar-refractivity contribution is 7.92. The molecule has 9 heteroatoms. The van der Waals surface area contributed by atoms with Gasteiger partial charge < -0.3 is 20.3 Å². The van der Waals surface area contributed by atoms with Crippen LogP contribution in [0.15, 0.2) is 47.4 Å². The molecule has 0 bridgehead atoms. The molecule has 2 rings (SSSR count). The van der Waals surface area contributed by atoms with Crippen molar-refractivity contribution in [1.82, 2.24) is 0 Å². The van der Waals surface area contributed by atoms with Crippen LogP contribution in [0.2, 0.25) is 0 Å². The lowest BCUT2D eigenvalue weighted by Crippen LogP contribution is -2.29. The second kappa shape index (κ2) is 10.3. The van der Waals surface area contributed by atoms with E-state index in [1.807, 2.05) is 13.8 Å². The number of carbonyl (C=O) groups is 1. The standard InChI is InChI=1S/C23H32N2O6S/c1-6-31-20-13-17(24-22(27)19(14-26)15(2)3)10-11-21(20)32(29,30)25-18-9-7-8-16(12-18)23(4,5)28/h7-13,15,19,25-26,28H,6,14H2,1-5H3,(H,24,27)/t19-/m0/s1. The van der Waals surface area contributed by atoms with Crippen molar-refractivity contribution in [3.63, 3.8) is 0 Å². The Kier molecular flexibility index (Phi) is 8.28. The molecule has 0 saturated heterocycles. The van der Waals surface area contributed by atoms with E-state index in [0.717, 1.165) is 0 Å². The first-order valence-electron chi connectivity index (χ1n) is 10.4. The van der Waals surface area contributed by atoms with Crippen molar-refractivity contribution in [2.24, 2.45) is 11.8 Å². The number of nitrogens with one attached hydrogen (secondary N) is 2. The van der Waals surface area contributed by atoms with E-state index in [2.05, 4.69) is 10.0 Å². The highest BCUT2D eigenvalue weighted by Crippen LogP contribution is 2.31. The van der Waals surface area contributed by atoms with Gasteiger partial charge in [0.2, 0.25) is 5.91 Å². The van der Waals surface area contributed by atoms with E-state index < -0.39 is 21.5 Å². The Morgan fingerprint density at radius 3 is 2.38 bits per heavy atom. The number of hydrogen-bond acceptors (Lipinski definition) is 6. The third-order valence-electron chi connectivity index (χ3n) is 4.96. The van der Waals surface area contributed by atoms with Gasteiger partial charge in [-0.3, -0.25) is 9.52 Å². The number of anilines is 2. The lowest BCUT2D eigenvalue weighted by Gasteiger charge is -2.20. The Morgan fingerprint density at radius 1 is 1.12 bits per heavy atom. The number of aliphatic hydroxyl groups excluding tert-OH is 1. The van der Waals surface area contributed by atoms with Crippen LogP contribution in [0.25, 0.3) is 0 Å². The third-order valence-corrected chi connectivity index (χ3v) is 6.38. The Bertz CT molecular complexity index is 1040. The number of amides is 1. The fourth-order valence-corrected chi connectivity index (χ4v) is 4.26. The number of ether oxygens (including phenoxy) is 1. The van der Waals surface area contributed by atoms with E-state index in [9.17, 15) is 23.4 Å². The summed E-state index contributed by atoms with van der Waals surface area (Å²) >= 11 is 0. The van der Waals surface area contributed by atoms with Crippen molar-refractivity contribution < 1.29 is 28.2 Å². The maximum absolute atomic E-state index is 13.1. The molecule has 0 saturated carbocycles. The number of carbonyl (C=O) groups excluding carboxylic acids is 1. The van der Waals surface area contributed by atoms with Crippen LogP contribution in [0.1, 0.15) is 40.2 Å². The molecular weight excluding hydrogens is 432 g/mol. The summed E-state index contributed by atoms with van der Waals surface area (Å²) in [5.74, 6) is -0.919. The zero-order chi connectivity index (χ0) is 24.1. The van der Waals surface area contributed by atoms with Crippen LogP contribution >= 0.6 is 0 Å². The topological polar surface area (TPSA) is 125 Å². The molecule has 176 valence electrons. The van der Waals surface area contributed by atoms with Crippen molar-refractivity contribution in [3.8, 4) is 5.75 Å². The maximum Gasteiger partial charge on any atom is 0.265 e. The van der Waals surface area contributed by atoms with E-state index in [4.69, 9.17) is 4.74 Å². The first kappa shape index (κ1) is 25.6. The van der Waals surface area contributed by atoms with Crippen LogP contribution in [-0.2, 0) is 20.4 Å². The minimum Gasteiger partial charge on any atom is -0.492 e. The molecule has 0 spiro atoms. The minimum atomic E-state index is -4.02. The van der Waals surface area contributed by atoms with Gasteiger partial charge in [-0.05, 0) is 56.5 Å². The molecule has 2 aromatic rings. The van der Waals surface area contributed by atoms with Gasteiger partial charge in [0.1, 0.15) is 10.6 Å². The van der Waals surface area contributed by atoms with Crippen molar-refractivity contribution in [2.45, 2.75) is 45.1 Å². The predicted molar refractivity (Wildman–Crippen MR) is 124 cm³/mol. The van der Waals surface area contributed by atoms with Crippen LogP contribution in [0, 0.1) is 11.8 Å². The molecule has 32 heavy (non-hydrogen) atoms. The van der Waals surface area contributed by atoms with E-state index >= 15 is 0 Å². The maximum atomic E-state index is 13.1. The van der Waals surface area contributed by atoms with E-state index in [1.54, 1.807) is 45.0 Å². The largest absolute Gasteiger partial charge is 0.492 e. The van der Waals surface area contributed by atoms with E-state index in [-0.39, 0.29) is 35.7 Å². The average molecular weight is 465 g/mol. The number of benzene rings is 2. The average Bonchev–Trinajstić information content (AvgIpc) is 2.67. The fraction of sp³-hybridized carbons (Fsp3) is 0.435. The van der Waals surface area contributed by atoms with Crippen molar-refractivity contribution >= 4 is 27.3 Å². The van der Waals surface area contributed by atoms with Crippen LogP contribution < -0.4 is 14.8 Å². The Labute approximate surface area is 189 Å². The molecule has 1 atom stereocenters. The van der Waals surface area contributed by atoms with Gasteiger partial charge in [-0.15, -0.1) is 0 Å². The fourth-order valence-electron chi connectivity index (χ4n) is 3.08. The monoisotopic (exact) mass is 464 g/mol. The first-order chi connectivity index (χ1) is 14.9. The van der Waals surface area contributed by atoms with Gasteiger partial charge in [0.25, 0.3) is 10.0 Å². The van der Waals surface area contributed by atoms with Gasteiger partial charge in [-0.1, -0.05) is 26.0 Å². The summed E-state index contributed by atoms with van der Waals surface area (Å²) in [5.41, 5.74) is 0.0947. The smallest absolute Gasteiger partial charge is 0.265 e. The molecule has 8 nitrogen and oxygen atoms in total. The molecule has 0 aliphatic heterocycles. The van der Waals surface area contributed by atoms with Crippen molar-refractivity contribution in [2.75, 3.05) is 23.3 Å². The summed E-state index contributed by atoms with van der Waals surface area (Å²) in [7, 11) is -4.02. The van der Waals surface area contributed by atoms with E-state index in [0.29, 0.717) is 16.9 Å². The molecule has 0 fully saturated rings. The summed E-state index contributed by atoms with van der Waals surface area (Å²) in [6.07, 6.45) is 0. The molecule has 4 N–H and O–H groups in total. The number of sulfonamides is 1. The minimum absolute atomic E-state index is 0.0603. The van der Waals surface area contributed by atoms with Gasteiger partial charge in [0.05, 0.1) is 24.7 Å². The summed E-state index contributed by atoms with van der Waals surface area (Å²) in [4.78, 5) is 12.3. The van der Waals surface area contributed by atoms with Gasteiger partial charge in [0.15, 0.2) is 0 Å². The number of rotatable bonds is 10. The van der Waals surface area contributed by atoms with Gasteiger partial charge in [-0.25, -0.2) is 8.42 Å². The second-order valence-corrected chi connectivity index (χ2v) is 10.0. The lowest BCUT2D eigenvalue weighted by atomic mass is 9.96. The summed E-state index contributed by atoms with van der Waals surface area (Å²) in [6, 6.07) is 10.8. The van der Waals surface area contributed by atoms with Crippen LogP contribution in [0.5, 0.6) is 5.75 Å². The quantitative estimate of drug-likeness (QED) is 0.428. The van der Waals surface area contributed by atoms with Gasteiger partial charge in [0, 0.05) is 17.4 Å². The van der Waals surface area contributed by atoms with Gasteiger partial charge >= 0.3 is 0 Å². The van der Waals surface area contributed by atoms with E-state index in [1.165, 1.54) is 18.2 Å². The number of hydrogen-bond donors (Lipinski definition) is 4. The van der Waals surface area contributed by atoms with Gasteiger partial charge in [-0.2, -0.15) is 0 Å². The Morgan fingerprint density at radius 2 is 1.81 bits per heavy atom. The molecule has 0 radical (unpaired) electrons. The first-order valence-corrected chi connectivity index (χ1v) is 11.9. The van der Waals surface area contributed by atoms with Crippen LogP contribution in [0.3, 0.4) is 0 Å². The van der Waals surface area contributed by atoms with Crippen LogP contribution in [-0.4, -0.2) is 37.8 Å². The van der Waals surface area contributed by atoms with Crippen molar-refractivity contribution in [3.05, 3.63) is 48.0 Å². The highest BCUT2D eigenvalue weighted by atomic mass is 32.2. The molecular formula is C23H32N2O6S. The predicted octanol–water partition coefficient (Wildman–Crippen LogP) is 3.32. The molecule has 0 heterocycles. The highest BCUT2D eigenvalue weighted by Gasteiger charge is 2.24. The van der Waals surface area contributed by atoms with Crippen molar-refractivity contribution in [1.29, 1.82) is 0 Å². The normalized spacial score (nSPS) is 13.0. The number of aliphatic hydroxyl groups is 2. The molecule has 0 aromatic heterocycles. The zero-order valence-electron chi connectivity index (χ0n) is 19.0. The van der Waals surface area contributed by atoms with Crippen LogP contribution in [0.4, 0.5) is 11.4 Å². The SMILES string of the molecule is CCOc1cc(NC(=O)[C@@H](CO)C(C)C)ccc1S(=O)(=O)Nc1cccc(C(C)(C)O)c1. The second-order valence-electron chi connectivity index (χ2n) is 8.36. The summed E-state index contributed by atoms with van der Waals surface area (Å²) < 4.78 is 34.2. The zero-order valence-corrected chi connectivity index (χ0v) is 19.9. The molecule has 0 unspecified atom stereocenters. The molecule has 2 aromatic carbocycles. The summed E-state index contributed by atoms with van der Waals surface area (Å²) in [6.45, 7) is 8.55. The summed E-state index contributed by atoms with van der Waals surface area (Å²) in [5, 5.41) is 22.3. The molecule has 0 aliphatic carbocycles. The molecule has 0 aliphatic rings.